The van der Waals surface area contributed by atoms with Crippen LogP contribution in [0.2, 0.25) is 10.0 Å². The number of hydrogen-bond donors (Lipinski definition) is 2. The van der Waals surface area contributed by atoms with Gasteiger partial charge in [0.1, 0.15) is 18.5 Å². The number of β-amino-alcohol motifs (C(OH)–C–C–N with tert-alkyl or cyclic N) is 1. The van der Waals surface area contributed by atoms with Crippen LogP contribution in [0.25, 0.3) is 0 Å². The minimum atomic E-state index is -0.679. The van der Waals surface area contributed by atoms with E-state index in [0.717, 1.165) is 19.4 Å². The van der Waals surface area contributed by atoms with E-state index in [1.807, 2.05) is 4.90 Å². The predicted molar refractivity (Wildman–Crippen MR) is 86.3 cm³/mol. The van der Waals surface area contributed by atoms with Crippen LogP contribution < -0.4 is 10.5 Å². The summed E-state index contributed by atoms with van der Waals surface area (Å²) in [6, 6.07) is 4.93. The second kappa shape index (κ2) is 8.02. The van der Waals surface area contributed by atoms with Crippen LogP contribution in [0.1, 0.15) is 12.8 Å². The zero-order valence-corrected chi connectivity index (χ0v) is 13.7. The average molecular weight is 347 g/mol. The highest BCUT2D eigenvalue weighted by molar-refractivity contribution is 6.34. The van der Waals surface area contributed by atoms with E-state index in [1.54, 1.807) is 18.2 Å². The van der Waals surface area contributed by atoms with Crippen molar-refractivity contribution in [3.63, 3.8) is 0 Å². The number of carbonyl (C=O) groups is 1. The van der Waals surface area contributed by atoms with Crippen LogP contribution in [0, 0.1) is 5.92 Å². The van der Waals surface area contributed by atoms with E-state index in [2.05, 4.69) is 0 Å². The summed E-state index contributed by atoms with van der Waals surface area (Å²) in [6.07, 6.45) is 1.04. The summed E-state index contributed by atoms with van der Waals surface area (Å²) in [7, 11) is 0. The number of aliphatic hydroxyl groups excluding tert-OH is 1. The summed E-state index contributed by atoms with van der Waals surface area (Å²) in [6.45, 7) is 1.98. The summed E-state index contributed by atoms with van der Waals surface area (Å²) in [4.78, 5) is 13.3. The Morgan fingerprint density at radius 1 is 1.50 bits per heavy atom. The van der Waals surface area contributed by atoms with Crippen molar-refractivity contribution in [2.45, 2.75) is 18.9 Å². The highest BCUT2D eigenvalue weighted by Crippen LogP contribution is 2.27. The van der Waals surface area contributed by atoms with Crippen LogP contribution in [0.3, 0.4) is 0 Å². The van der Waals surface area contributed by atoms with Gasteiger partial charge in [-0.05, 0) is 31.5 Å². The molecule has 5 nitrogen and oxygen atoms in total. The van der Waals surface area contributed by atoms with E-state index in [1.165, 1.54) is 0 Å². The Balaban J connectivity index is 1.81. The number of halogens is 2. The molecule has 1 heterocycles. The molecule has 1 aliphatic heterocycles. The first-order valence-corrected chi connectivity index (χ1v) is 7.99. The quantitative estimate of drug-likeness (QED) is 0.825. The number of nitrogens with zero attached hydrogens (tertiary/aromatic N) is 1. The lowest BCUT2D eigenvalue weighted by Crippen LogP contribution is -2.45. The van der Waals surface area contributed by atoms with E-state index in [0.29, 0.717) is 28.9 Å². The Labute approximate surface area is 139 Å². The minimum Gasteiger partial charge on any atom is -0.489 e. The highest BCUT2D eigenvalue weighted by Gasteiger charge is 2.25. The van der Waals surface area contributed by atoms with E-state index < -0.39 is 6.10 Å². The SMILES string of the molecule is NC(=O)[C@H]1CCCN(C[C@H](O)COc2cc(Cl)ccc2Cl)C1. The predicted octanol–water partition coefficient (Wildman–Crippen LogP) is 1.93. The van der Waals surface area contributed by atoms with E-state index in [-0.39, 0.29) is 18.4 Å². The zero-order chi connectivity index (χ0) is 16.1. The molecule has 3 N–H and O–H groups in total. The van der Waals surface area contributed by atoms with Gasteiger partial charge in [0.25, 0.3) is 0 Å². The number of aliphatic hydroxyl groups is 1. The lowest BCUT2D eigenvalue weighted by atomic mass is 9.97. The van der Waals surface area contributed by atoms with Crippen molar-refractivity contribution in [1.29, 1.82) is 0 Å². The molecule has 22 heavy (non-hydrogen) atoms. The molecule has 7 heteroatoms. The number of likely N-dealkylation sites (tertiary alicyclic amines) is 1. The molecule has 0 unspecified atom stereocenters. The average Bonchev–Trinajstić information content (AvgIpc) is 2.48. The molecule has 0 radical (unpaired) electrons. The van der Waals surface area contributed by atoms with Gasteiger partial charge in [-0.3, -0.25) is 9.69 Å². The van der Waals surface area contributed by atoms with Gasteiger partial charge in [-0.2, -0.15) is 0 Å². The van der Waals surface area contributed by atoms with Crippen LogP contribution in [0.4, 0.5) is 0 Å². The number of primary amides is 1. The van der Waals surface area contributed by atoms with Gasteiger partial charge in [0.2, 0.25) is 5.91 Å². The maximum Gasteiger partial charge on any atom is 0.221 e. The monoisotopic (exact) mass is 346 g/mol. The number of benzene rings is 1. The fourth-order valence-electron chi connectivity index (χ4n) is 2.58. The Hall–Kier alpha value is -1.01. The van der Waals surface area contributed by atoms with Gasteiger partial charge >= 0.3 is 0 Å². The van der Waals surface area contributed by atoms with Crippen molar-refractivity contribution in [3.05, 3.63) is 28.2 Å². The molecular weight excluding hydrogens is 327 g/mol. The fourth-order valence-corrected chi connectivity index (χ4v) is 2.91. The molecular formula is C15H20Cl2N2O3. The molecule has 1 saturated heterocycles. The third kappa shape index (κ3) is 5.02. The first kappa shape index (κ1) is 17.3. The fraction of sp³-hybridized carbons (Fsp3) is 0.533. The summed E-state index contributed by atoms with van der Waals surface area (Å²) in [5.74, 6) is 0.0345. The third-order valence-corrected chi connectivity index (χ3v) is 4.25. The van der Waals surface area contributed by atoms with Crippen LogP contribution in [0.15, 0.2) is 18.2 Å². The molecule has 2 rings (SSSR count). The maximum atomic E-state index is 11.2. The molecule has 0 saturated carbocycles. The smallest absolute Gasteiger partial charge is 0.221 e. The molecule has 1 amide bonds. The van der Waals surface area contributed by atoms with Crippen molar-refractivity contribution < 1.29 is 14.6 Å². The van der Waals surface area contributed by atoms with Crippen molar-refractivity contribution in [2.24, 2.45) is 11.7 Å². The van der Waals surface area contributed by atoms with Gasteiger partial charge in [-0.1, -0.05) is 23.2 Å². The van der Waals surface area contributed by atoms with E-state index in [9.17, 15) is 9.90 Å². The highest BCUT2D eigenvalue weighted by atomic mass is 35.5. The lowest BCUT2D eigenvalue weighted by Gasteiger charge is -2.32. The van der Waals surface area contributed by atoms with Crippen LogP contribution >= 0.6 is 23.2 Å². The van der Waals surface area contributed by atoms with Gasteiger partial charge in [0, 0.05) is 24.2 Å². The summed E-state index contributed by atoms with van der Waals surface area (Å²) >= 11 is 11.9. The van der Waals surface area contributed by atoms with Gasteiger partial charge in [-0.25, -0.2) is 0 Å². The number of amides is 1. The molecule has 0 spiro atoms. The van der Waals surface area contributed by atoms with Gasteiger partial charge < -0.3 is 15.6 Å². The molecule has 0 bridgehead atoms. The van der Waals surface area contributed by atoms with Crippen molar-refractivity contribution in [1.82, 2.24) is 4.90 Å². The first-order valence-electron chi connectivity index (χ1n) is 7.23. The first-order chi connectivity index (χ1) is 10.5. The second-order valence-electron chi connectivity index (χ2n) is 5.54. The number of ether oxygens (including phenoxy) is 1. The third-order valence-electron chi connectivity index (χ3n) is 3.70. The standard InChI is InChI=1S/C15H20Cl2N2O3/c16-11-3-4-13(17)14(6-11)22-9-12(20)8-19-5-1-2-10(7-19)15(18)21/h3-4,6,10,12,20H,1-2,5,7-9H2,(H2,18,21)/t10-,12-/m0/s1. The molecule has 0 aliphatic carbocycles. The van der Waals surface area contributed by atoms with Gasteiger partial charge in [0.15, 0.2) is 0 Å². The van der Waals surface area contributed by atoms with Crippen LogP contribution in [-0.4, -0.2) is 48.3 Å². The van der Waals surface area contributed by atoms with Gasteiger partial charge in [-0.15, -0.1) is 0 Å². The van der Waals surface area contributed by atoms with E-state index in [4.69, 9.17) is 33.7 Å². The molecule has 1 aromatic rings. The molecule has 1 aromatic carbocycles. The number of piperidine rings is 1. The maximum absolute atomic E-state index is 11.2. The Morgan fingerprint density at radius 3 is 3.00 bits per heavy atom. The van der Waals surface area contributed by atoms with Crippen molar-refractivity contribution in [2.75, 3.05) is 26.2 Å². The Morgan fingerprint density at radius 2 is 2.27 bits per heavy atom. The number of rotatable bonds is 6. The Bertz CT molecular complexity index is 528. The molecule has 0 aromatic heterocycles. The molecule has 1 aliphatic rings. The van der Waals surface area contributed by atoms with E-state index >= 15 is 0 Å². The second-order valence-corrected chi connectivity index (χ2v) is 6.38. The minimum absolute atomic E-state index is 0.109. The topological polar surface area (TPSA) is 75.8 Å². The number of carbonyl (C=O) groups excluding carboxylic acids is 1. The number of nitrogens with two attached hydrogens (primary N) is 1. The Kier molecular flexibility index (Phi) is 6.32. The van der Waals surface area contributed by atoms with Crippen LogP contribution in [0.5, 0.6) is 5.75 Å². The lowest BCUT2D eigenvalue weighted by molar-refractivity contribution is -0.123. The summed E-state index contributed by atoms with van der Waals surface area (Å²) in [5, 5.41) is 11.1. The molecule has 1 fully saturated rings. The van der Waals surface area contributed by atoms with Crippen molar-refractivity contribution >= 4 is 29.1 Å². The summed E-state index contributed by atoms with van der Waals surface area (Å²) < 4.78 is 5.51. The summed E-state index contributed by atoms with van der Waals surface area (Å²) in [5.41, 5.74) is 5.35. The molecule has 122 valence electrons. The van der Waals surface area contributed by atoms with Gasteiger partial charge in [0.05, 0.1) is 10.9 Å². The zero-order valence-electron chi connectivity index (χ0n) is 12.2. The molecule has 2 atom stereocenters. The number of hydrogen-bond acceptors (Lipinski definition) is 4. The van der Waals surface area contributed by atoms with Crippen molar-refractivity contribution in [3.8, 4) is 5.75 Å². The largest absolute Gasteiger partial charge is 0.489 e. The normalized spacial score (nSPS) is 20.6. The van der Waals surface area contributed by atoms with Crippen LogP contribution in [-0.2, 0) is 4.79 Å².